The summed E-state index contributed by atoms with van der Waals surface area (Å²) in [6, 6.07) is 11.2. The zero-order chi connectivity index (χ0) is 17.8. The van der Waals surface area contributed by atoms with E-state index in [0.717, 1.165) is 25.1 Å². The SMILES string of the molecule is Cc1ccc([C@H](O)CN2CC[C@@H](Nc3ccc([N+](=O)[O-])cn3)C2)cc1. The summed E-state index contributed by atoms with van der Waals surface area (Å²) in [5.41, 5.74) is 2.09. The summed E-state index contributed by atoms with van der Waals surface area (Å²) in [4.78, 5) is 16.5. The van der Waals surface area contributed by atoms with Gasteiger partial charge in [-0.05, 0) is 25.0 Å². The van der Waals surface area contributed by atoms with Crippen LogP contribution in [0.15, 0.2) is 42.6 Å². The maximum atomic E-state index is 10.7. The Kier molecular flexibility index (Phi) is 5.25. The molecule has 1 aromatic carbocycles. The number of hydrogen-bond acceptors (Lipinski definition) is 6. The van der Waals surface area contributed by atoms with Crippen molar-refractivity contribution >= 4 is 11.5 Å². The first-order valence-corrected chi connectivity index (χ1v) is 8.35. The minimum absolute atomic E-state index is 0.0141. The van der Waals surface area contributed by atoms with Gasteiger partial charge in [0.2, 0.25) is 0 Å². The number of aliphatic hydroxyl groups is 1. The highest BCUT2D eigenvalue weighted by Gasteiger charge is 2.24. The van der Waals surface area contributed by atoms with E-state index in [1.807, 2.05) is 31.2 Å². The quantitative estimate of drug-likeness (QED) is 0.619. The van der Waals surface area contributed by atoms with Crippen LogP contribution in [-0.4, -0.2) is 45.6 Å². The molecule has 2 aromatic rings. The molecule has 1 aromatic heterocycles. The van der Waals surface area contributed by atoms with Crippen LogP contribution in [0.1, 0.15) is 23.7 Å². The first-order chi connectivity index (χ1) is 12.0. The van der Waals surface area contributed by atoms with Gasteiger partial charge in [-0.25, -0.2) is 4.98 Å². The Labute approximate surface area is 146 Å². The number of aromatic nitrogens is 1. The zero-order valence-electron chi connectivity index (χ0n) is 14.1. The van der Waals surface area contributed by atoms with Crippen molar-refractivity contribution in [1.82, 2.24) is 9.88 Å². The Morgan fingerprint density at radius 3 is 2.76 bits per heavy atom. The number of β-amino-alcohol motifs (C(OH)–C–C–N with tert-alkyl or cyclic N) is 1. The molecule has 7 heteroatoms. The molecular formula is C18H22N4O3. The van der Waals surface area contributed by atoms with E-state index in [2.05, 4.69) is 15.2 Å². The summed E-state index contributed by atoms with van der Waals surface area (Å²) < 4.78 is 0. The van der Waals surface area contributed by atoms with Gasteiger partial charge >= 0.3 is 0 Å². The number of nitro groups is 1. The van der Waals surface area contributed by atoms with Crippen molar-refractivity contribution in [2.24, 2.45) is 0 Å². The number of pyridine rings is 1. The van der Waals surface area contributed by atoms with E-state index in [1.165, 1.54) is 17.8 Å². The molecule has 3 rings (SSSR count). The van der Waals surface area contributed by atoms with Crippen LogP contribution in [0.3, 0.4) is 0 Å². The maximum Gasteiger partial charge on any atom is 0.287 e. The van der Waals surface area contributed by atoms with Gasteiger partial charge in [0.05, 0.1) is 11.0 Å². The molecule has 0 saturated carbocycles. The van der Waals surface area contributed by atoms with Gasteiger partial charge in [0.15, 0.2) is 0 Å². The standard InChI is InChI=1S/C18H22N4O3/c1-13-2-4-14(5-3-13)17(23)12-21-9-8-15(11-21)20-18-7-6-16(10-19-18)22(24)25/h2-7,10,15,17,23H,8-9,11-12H2,1H3,(H,19,20)/t15-,17-/m1/s1. The van der Waals surface area contributed by atoms with Crippen molar-refractivity contribution in [1.29, 1.82) is 0 Å². The van der Waals surface area contributed by atoms with Gasteiger partial charge in [-0.15, -0.1) is 0 Å². The first-order valence-electron chi connectivity index (χ1n) is 8.35. The minimum atomic E-state index is -0.503. The van der Waals surface area contributed by atoms with Crippen LogP contribution in [-0.2, 0) is 0 Å². The van der Waals surface area contributed by atoms with Gasteiger partial charge in [0.25, 0.3) is 5.69 Å². The third-order valence-corrected chi connectivity index (χ3v) is 4.48. The zero-order valence-corrected chi connectivity index (χ0v) is 14.1. The highest BCUT2D eigenvalue weighted by molar-refractivity contribution is 5.41. The molecular weight excluding hydrogens is 320 g/mol. The summed E-state index contributed by atoms with van der Waals surface area (Å²) >= 11 is 0. The van der Waals surface area contributed by atoms with Crippen LogP contribution in [0, 0.1) is 17.0 Å². The van der Waals surface area contributed by atoms with Crippen molar-refractivity contribution in [2.75, 3.05) is 25.0 Å². The fraction of sp³-hybridized carbons (Fsp3) is 0.389. The molecule has 0 radical (unpaired) electrons. The van der Waals surface area contributed by atoms with Crippen LogP contribution in [0.4, 0.5) is 11.5 Å². The average molecular weight is 342 g/mol. The van der Waals surface area contributed by atoms with Crippen molar-refractivity contribution in [3.8, 4) is 0 Å². The van der Waals surface area contributed by atoms with E-state index in [0.29, 0.717) is 12.4 Å². The lowest BCUT2D eigenvalue weighted by molar-refractivity contribution is -0.385. The number of rotatable bonds is 6. The molecule has 1 saturated heterocycles. The van der Waals surface area contributed by atoms with Gasteiger partial charge < -0.3 is 10.4 Å². The lowest BCUT2D eigenvalue weighted by atomic mass is 10.1. The van der Waals surface area contributed by atoms with Crippen molar-refractivity contribution in [3.63, 3.8) is 0 Å². The molecule has 7 nitrogen and oxygen atoms in total. The fourth-order valence-corrected chi connectivity index (χ4v) is 3.04. The number of benzene rings is 1. The Hall–Kier alpha value is -2.51. The molecule has 0 unspecified atom stereocenters. The summed E-state index contributed by atoms with van der Waals surface area (Å²) in [7, 11) is 0. The number of anilines is 1. The van der Waals surface area contributed by atoms with Gasteiger partial charge in [-0.3, -0.25) is 15.0 Å². The number of aryl methyl sites for hydroxylation is 1. The molecule has 0 bridgehead atoms. The molecule has 1 fully saturated rings. The highest BCUT2D eigenvalue weighted by Crippen LogP contribution is 2.20. The molecule has 132 valence electrons. The van der Waals surface area contributed by atoms with Gasteiger partial charge in [-0.2, -0.15) is 0 Å². The largest absolute Gasteiger partial charge is 0.387 e. The smallest absolute Gasteiger partial charge is 0.287 e. The van der Waals surface area contributed by atoms with Crippen molar-refractivity contribution in [2.45, 2.75) is 25.5 Å². The van der Waals surface area contributed by atoms with E-state index >= 15 is 0 Å². The molecule has 0 spiro atoms. The Morgan fingerprint density at radius 1 is 1.36 bits per heavy atom. The number of hydrogen-bond donors (Lipinski definition) is 2. The Balaban J connectivity index is 1.51. The van der Waals surface area contributed by atoms with Crippen LogP contribution >= 0.6 is 0 Å². The maximum absolute atomic E-state index is 10.7. The first kappa shape index (κ1) is 17.3. The second-order valence-corrected chi connectivity index (χ2v) is 6.47. The summed E-state index contributed by atoms with van der Waals surface area (Å²) in [5.74, 6) is 0.636. The number of aliphatic hydroxyl groups excluding tert-OH is 1. The molecule has 2 heterocycles. The van der Waals surface area contributed by atoms with Crippen LogP contribution < -0.4 is 5.32 Å². The Morgan fingerprint density at radius 2 is 2.12 bits per heavy atom. The van der Waals surface area contributed by atoms with E-state index in [4.69, 9.17) is 0 Å². The minimum Gasteiger partial charge on any atom is -0.387 e. The van der Waals surface area contributed by atoms with Crippen molar-refractivity contribution < 1.29 is 10.0 Å². The number of likely N-dealkylation sites (tertiary alicyclic amines) is 1. The third-order valence-electron chi connectivity index (χ3n) is 4.48. The molecule has 2 atom stereocenters. The third kappa shape index (κ3) is 4.52. The lowest BCUT2D eigenvalue weighted by Gasteiger charge is -2.21. The van der Waals surface area contributed by atoms with E-state index in [-0.39, 0.29) is 11.7 Å². The average Bonchev–Trinajstić information content (AvgIpc) is 3.02. The normalized spacial score (nSPS) is 18.9. The lowest BCUT2D eigenvalue weighted by Crippen LogP contribution is -2.30. The van der Waals surface area contributed by atoms with Crippen LogP contribution in [0.5, 0.6) is 0 Å². The topological polar surface area (TPSA) is 91.5 Å². The van der Waals surface area contributed by atoms with Crippen LogP contribution in [0.25, 0.3) is 0 Å². The van der Waals surface area contributed by atoms with E-state index in [9.17, 15) is 15.2 Å². The summed E-state index contributed by atoms with van der Waals surface area (Å²) in [6.45, 7) is 4.32. The number of nitrogens with one attached hydrogen (secondary N) is 1. The molecule has 1 aliphatic rings. The molecule has 0 aliphatic carbocycles. The molecule has 2 N–H and O–H groups in total. The van der Waals surface area contributed by atoms with Crippen LogP contribution in [0.2, 0.25) is 0 Å². The predicted octanol–water partition coefficient (Wildman–Crippen LogP) is 2.52. The van der Waals surface area contributed by atoms with Gasteiger partial charge in [0, 0.05) is 31.7 Å². The molecule has 1 aliphatic heterocycles. The summed E-state index contributed by atoms with van der Waals surface area (Å²) in [6.07, 6.45) is 1.70. The predicted molar refractivity (Wildman–Crippen MR) is 95.5 cm³/mol. The van der Waals surface area contributed by atoms with E-state index < -0.39 is 11.0 Å². The number of nitrogens with zero attached hydrogens (tertiary/aromatic N) is 3. The van der Waals surface area contributed by atoms with E-state index in [1.54, 1.807) is 6.07 Å². The van der Waals surface area contributed by atoms with Crippen molar-refractivity contribution in [3.05, 3.63) is 63.8 Å². The second-order valence-electron chi connectivity index (χ2n) is 6.47. The summed E-state index contributed by atoms with van der Waals surface area (Å²) in [5, 5.41) is 24.3. The van der Waals surface area contributed by atoms with Gasteiger partial charge in [0.1, 0.15) is 12.0 Å². The monoisotopic (exact) mass is 342 g/mol. The second kappa shape index (κ2) is 7.58. The molecule has 0 amide bonds. The molecule has 25 heavy (non-hydrogen) atoms. The highest BCUT2D eigenvalue weighted by atomic mass is 16.6. The van der Waals surface area contributed by atoms with Gasteiger partial charge in [-0.1, -0.05) is 29.8 Å². The fourth-order valence-electron chi connectivity index (χ4n) is 3.04. The Bertz CT molecular complexity index is 718.